The molecule has 0 radical (unpaired) electrons. The van der Waals surface area contributed by atoms with Gasteiger partial charge in [0.2, 0.25) is 0 Å². The molecule has 2 heteroatoms. The maximum absolute atomic E-state index is 2.58. The molecule has 1 saturated heterocycles. The first kappa shape index (κ1) is 10.8. The number of fused-ring (bicyclic) bond motifs is 3. The van der Waals surface area contributed by atoms with Crippen molar-refractivity contribution >= 4 is 23.5 Å². The lowest BCUT2D eigenvalue weighted by molar-refractivity contribution is 0.0991. The molecule has 2 atom stereocenters. The highest BCUT2D eigenvalue weighted by atomic mass is 32.2. The summed E-state index contributed by atoms with van der Waals surface area (Å²) in [5.41, 5.74) is 1.71. The van der Waals surface area contributed by atoms with Gasteiger partial charge in [0.1, 0.15) is 0 Å². The van der Waals surface area contributed by atoms with Crippen molar-refractivity contribution in [2.45, 2.75) is 51.0 Å². The number of rotatable bonds is 0. The molecule has 2 aliphatic carbocycles. The van der Waals surface area contributed by atoms with Gasteiger partial charge in [-0.15, -0.1) is 23.5 Å². The molecule has 1 aliphatic heterocycles. The summed E-state index contributed by atoms with van der Waals surface area (Å²) in [4.78, 5) is 0. The Labute approximate surface area is 102 Å². The normalized spacial score (nSPS) is 50.4. The highest BCUT2D eigenvalue weighted by Gasteiger charge is 2.74. The molecule has 0 aromatic rings. The van der Waals surface area contributed by atoms with Gasteiger partial charge in [-0.25, -0.2) is 0 Å². The van der Waals surface area contributed by atoms with Gasteiger partial charge in [-0.05, 0) is 35.5 Å². The van der Waals surface area contributed by atoms with Gasteiger partial charge < -0.3 is 0 Å². The van der Waals surface area contributed by atoms with E-state index in [1.54, 1.807) is 0 Å². The Kier molecular flexibility index (Phi) is 1.98. The summed E-state index contributed by atoms with van der Waals surface area (Å²) in [5, 5.41) is 0. The molecule has 3 aliphatic rings. The first-order valence-electron chi connectivity index (χ1n) is 6.15. The van der Waals surface area contributed by atoms with E-state index in [0.717, 1.165) is 0 Å². The third-order valence-corrected chi connectivity index (χ3v) is 10.2. The lowest BCUT2D eigenvalue weighted by atomic mass is 9.66. The van der Waals surface area contributed by atoms with Gasteiger partial charge in [0.25, 0.3) is 0 Å². The monoisotopic (exact) mass is 242 g/mol. The van der Waals surface area contributed by atoms with Crippen LogP contribution >= 0.6 is 23.5 Å². The van der Waals surface area contributed by atoms with Crippen LogP contribution in [-0.2, 0) is 0 Å². The Hall–Kier alpha value is 0.700. The highest BCUT2D eigenvalue weighted by Crippen LogP contribution is 2.82. The SMILES string of the molecule is CC12CCC(C)(C3(C1)SCCS3)C2(C)C. The lowest BCUT2D eigenvalue weighted by Crippen LogP contribution is -2.41. The zero-order valence-corrected chi connectivity index (χ0v) is 12.0. The minimum absolute atomic E-state index is 0.532. The topological polar surface area (TPSA) is 0 Å². The van der Waals surface area contributed by atoms with Crippen molar-refractivity contribution in [2.24, 2.45) is 16.2 Å². The van der Waals surface area contributed by atoms with Crippen molar-refractivity contribution in [1.82, 2.24) is 0 Å². The molecule has 1 spiro atoms. The maximum Gasteiger partial charge on any atom is 0.0675 e. The summed E-state index contributed by atoms with van der Waals surface area (Å²) >= 11 is 4.56. The second-order valence-corrected chi connectivity index (χ2v) is 9.69. The van der Waals surface area contributed by atoms with Gasteiger partial charge in [0.15, 0.2) is 0 Å². The predicted octanol–water partition coefficient (Wildman–Crippen LogP) is 4.40. The van der Waals surface area contributed by atoms with Crippen LogP contribution in [0.2, 0.25) is 0 Å². The van der Waals surface area contributed by atoms with E-state index in [-0.39, 0.29) is 0 Å². The largest absolute Gasteiger partial charge is 0.143 e. The zero-order chi connectivity index (χ0) is 10.9. The van der Waals surface area contributed by atoms with Crippen molar-refractivity contribution in [3.63, 3.8) is 0 Å². The molecule has 0 N–H and O–H groups in total. The summed E-state index contributed by atoms with van der Waals surface area (Å²) in [6.07, 6.45) is 4.37. The van der Waals surface area contributed by atoms with Crippen LogP contribution in [0.5, 0.6) is 0 Å². The van der Waals surface area contributed by atoms with Gasteiger partial charge in [0, 0.05) is 11.5 Å². The van der Waals surface area contributed by atoms with E-state index >= 15 is 0 Å². The van der Waals surface area contributed by atoms with Crippen molar-refractivity contribution in [3.05, 3.63) is 0 Å². The number of thioether (sulfide) groups is 2. The van der Waals surface area contributed by atoms with Crippen LogP contribution in [0.15, 0.2) is 0 Å². The van der Waals surface area contributed by atoms with E-state index in [4.69, 9.17) is 0 Å². The molecule has 0 nitrogen and oxygen atoms in total. The van der Waals surface area contributed by atoms with Gasteiger partial charge in [-0.2, -0.15) is 0 Å². The van der Waals surface area contributed by atoms with Crippen LogP contribution in [0.1, 0.15) is 47.0 Å². The quantitative estimate of drug-likeness (QED) is 0.617. The molecule has 0 aromatic heterocycles. The van der Waals surface area contributed by atoms with E-state index < -0.39 is 0 Å². The van der Waals surface area contributed by atoms with Crippen LogP contribution in [0.25, 0.3) is 0 Å². The van der Waals surface area contributed by atoms with Crippen LogP contribution < -0.4 is 0 Å². The average Bonchev–Trinajstić information content (AvgIpc) is 2.70. The number of hydrogen-bond acceptors (Lipinski definition) is 2. The van der Waals surface area contributed by atoms with Crippen LogP contribution in [-0.4, -0.2) is 15.6 Å². The first-order valence-corrected chi connectivity index (χ1v) is 8.12. The van der Waals surface area contributed by atoms with Crippen LogP contribution in [0, 0.1) is 16.2 Å². The maximum atomic E-state index is 2.58. The van der Waals surface area contributed by atoms with E-state index in [1.807, 2.05) is 0 Å². The Bertz CT molecular complexity index is 304. The molecule has 0 aromatic carbocycles. The smallest absolute Gasteiger partial charge is 0.0675 e. The first-order chi connectivity index (χ1) is 6.87. The minimum Gasteiger partial charge on any atom is -0.143 e. The average molecular weight is 242 g/mol. The molecule has 0 amide bonds. The molecule has 3 fully saturated rings. The van der Waals surface area contributed by atoms with Gasteiger partial charge in [-0.1, -0.05) is 27.7 Å². The highest BCUT2D eigenvalue weighted by molar-refractivity contribution is 8.21. The fraction of sp³-hybridized carbons (Fsp3) is 1.00. The third kappa shape index (κ3) is 0.960. The molecule has 86 valence electrons. The van der Waals surface area contributed by atoms with E-state index in [9.17, 15) is 0 Å². The molecule has 2 bridgehead atoms. The van der Waals surface area contributed by atoms with E-state index in [0.29, 0.717) is 20.3 Å². The standard InChI is InChI=1S/C13H22S2/c1-10(2)11(3)5-6-12(10,4)13(9-11)14-7-8-15-13/h5-9H2,1-4H3. The van der Waals surface area contributed by atoms with Crippen molar-refractivity contribution in [2.75, 3.05) is 11.5 Å². The Morgan fingerprint density at radius 3 is 1.87 bits per heavy atom. The Balaban J connectivity index is 2.12. The zero-order valence-electron chi connectivity index (χ0n) is 10.4. The molecule has 2 saturated carbocycles. The number of hydrogen-bond donors (Lipinski definition) is 0. The second-order valence-electron chi connectivity index (χ2n) is 6.64. The molecular formula is C13H22S2. The molecular weight excluding hydrogens is 220 g/mol. The molecule has 3 rings (SSSR count). The van der Waals surface area contributed by atoms with Crippen molar-refractivity contribution in [1.29, 1.82) is 0 Å². The lowest BCUT2D eigenvalue weighted by Gasteiger charge is -2.45. The summed E-state index contributed by atoms with van der Waals surface area (Å²) in [6, 6.07) is 0. The summed E-state index contributed by atoms with van der Waals surface area (Å²) < 4.78 is 0.573. The Morgan fingerprint density at radius 1 is 0.867 bits per heavy atom. The fourth-order valence-electron chi connectivity index (χ4n) is 4.38. The summed E-state index contributed by atoms with van der Waals surface area (Å²) in [7, 11) is 0. The summed E-state index contributed by atoms with van der Waals surface area (Å²) in [6.45, 7) is 10.2. The van der Waals surface area contributed by atoms with E-state index in [1.165, 1.54) is 30.8 Å². The van der Waals surface area contributed by atoms with Crippen LogP contribution in [0.3, 0.4) is 0 Å². The minimum atomic E-state index is 0.532. The predicted molar refractivity (Wildman–Crippen MR) is 71.5 cm³/mol. The summed E-state index contributed by atoms with van der Waals surface area (Å²) in [5.74, 6) is 2.76. The molecule has 15 heavy (non-hydrogen) atoms. The molecule has 1 heterocycles. The molecule has 2 unspecified atom stereocenters. The van der Waals surface area contributed by atoms with Gasteiger partial charge >= 0.3 is 0 Å². The fourth-order valence-corrected chi connectivity index (χ4v) is 8.73. The van der Waals surface area contributed by atoms with Gasteiger partial charge in [-0.3, -0.25) is 0 Å². The van der Waals surface area contributed by atoms with Crippen molar-refractivity contribution in [3.8, 4) is 0 Å². The third-order valence-electron chi connectivity index (χ3n) is 6.28. The van der Waals surface area contributed by atoms with Crippen LogP contribution in [0.4, 0.5) is 0 Å². The van der Waals surface area contributed by atoms with E-state index in [2.05, 4.69) is 51.2 Å². The van der Waals surface area contributed by atoms with Gasteiger partial charge in [0.05, 0.1) is 4.08 Å². The second kappa shape index (κ2) is 2.75. The van der Waals surface area contributed by atoms with Crippen molar-refractivity contribution < 1.29 is 0 Å². The Morgan fingerprint density at radius 2 is 1.47 bits per heavy atom.